The van der Waals surface area contributed by atoms with Gasteiger partial charge in [-0.3, -0.25) is 4.79 Å². The molecule has 0 aliphatic carbocycles. The topological polar surface area (TPSA) is 72.5 Å². The Morgan fingerprint density at radius 1 is 1.67 bits per heavy atom. The van der Waals surface area contributed by atoms with Gasteiger partial charge in [0.15, 0.2) is 0 Å². The number of hydrogen-bond donors (Lipinski definition) is 2. The van der Waals surface area contributed by atoms with Crippen molar-refractivity contribution in [1.29, 1.82) is 0 Å². The molecule has 0 amide bonds. The van der Waals surface area contributed by atoms with Gasteiger partial charge in [-0.15, -0.1) is 0 Å². The Hall–Kier alpha value is -1.26. The van der Waals surface area contributed by atoms with Crippen LogP contribution in [0.25, 0.3) is 0 Å². The van der Waals surface area contributed by atoms with Gasteiger partial charge in [-0.2, -0.15) is 0 Å². The highest BCUT2D eigenvalue weighted by Gasteiger charge is 2.14. The fourth-order valence-electron chi connectivity index (χ4n) is 1.17. The van der Waals surface area contributed by atoms with Gasteiger partial charge >= 0.3 is 5.97 Å². The van der Waals surface area contributed by atoms with Gasteiger partial charge in [0.25, 0.3) is 0 Å². The number of esters is 1. The molecule has 0 saturated heterocycles. The molecule has 0 aliphatic rings. The van der Waals surface area contributed by atoms with Crippen LogP contribution >= 0.6 is 11.6 Å². The van der Waals surface area contributed by atoms with Crippen LogP contribution in [0.3, 0.4) is 0 Å². The van der Waals surface area contributed by atoms with Crippen molar-refractivity contribution in [2.75, 3.05) is 7.11 Å². The lowest BCUT2D eigenvalue weighted by molar-refractivity contribution is -0.142. The monoisotopic (exact) mass is 229 g/mol. The molecule has 5 heteroatoms. The first-order valence-corrected chi connectivity index (χ1v) is 4.73. The van der Waals surface area contributed by atoms with Gasteiger partial charge in [0.1, 0.15) is 11.8 Å². The van der Waals surface area contributed by atoms with Crippen molar-refractivity contribution in [2.45, 2.75) is 12.5 Å². The lowest BCUT2D eigenvalue weighted by Gasteiger charge is -2.09. The molecule has 0 aliphatic heterocycles. The predicted octanol–water partition coefficient (Wildman–Crippen LogP) is 1.09. The van der Waals surface area contributed by atoms with Crippen molar-refractivity contribution in [3.8, 4) is 5.75 Å². The summed E-state index contributed by atoms with van der Waals surface area (Å²) in [5.74, 6) is -0.504. The third-order valence-electron chi connectivity index (χ3n) is 1.97. The van der Waals surface area contributed by atoms with E-state index in [0.29, 0.717) is 6.42 Å². The molecule has 0 bridgehead atoms. The summed E-state index contributed by atoms with van der Waals surface area (Å²) >= 11 is 5.63. The molecule has 15 heavy (non-hydrogen) atoms. The van der Waals surface area contributed by atoms with E-state index < -0.39 is 12.0 Å². The van der Waals surface area contributed by atoms with Gasteiger partial charge in [0.2, 0.25) is 0 Å². The van der Waals surface area contributed by atoms with Crippen molar-refractivity contribution in [3.05, 3.63) is 28.8 Å². The Balaban J connectivity index is 2.73. The molecule has 0 saturated carbocycles. The highest BCUT2D eigenvalue weighted by atomic mass is 35.5. The highest BCUT2D eigenvalue weighted by molar-refractivity contribution is 6.32. The number of halogens is 1. The molecule has 1 aromatic rings. The minimum Gasteiger partial charge on any atom is -0.506 e. The lowest BCUT2D eigenvalue weighted by Crippen LogP contribution is -2.33. The predicted molar refractivity (Wildman–Crippen MR) is 56.8 cm³/mol. The Morgan fingerprint density at radius 3 is 2.87 bits per heavy atom. The van der Waals surface area contributed by atoms with Gasteiger partial charge in [-0.25, -0.2) is 0 Å². The average Bonchev–Trinajstić information content (AvgIpc) is 2.22. The summed E-state index contributed by atoms with van der Waals surface area (Å²) in [6.07, 6.45) is 0.303. The van der Waals surface area contributed by atoms with Gasteiger partial charge in [0, 0.05) is 0 Å². The first kappa shape index (κ1) is 11.8. The highest BCUT2D eigenvalue weighted by Crippen LogP contribution is 2.24. The first-order chi connectivity index (χ1) is 7.04. The number of ether oxygens (including phenoxy) is 1. The number of carbonyl (C=O) groups is 1. The summed E-state index contributed by atoms with van der Waals surface area (Å²) in [6.45, 7) is 0. The quantitative estimate of drug-likeness (QED) is 0.761. The lowest BCUT2D eigenvalue weighted by atomic mass is 10.1. The van der Waals surface area contributed by atoms with Crippen LogP contribution in [0.15, 0.2) is 18.2 Å². The van der Waals surface area contributed by atoms with E-state index in [9.17, 15) is 9.90 Å². The molecule has 0 aromatic heterocycles. The molecule has 1 rings (SSSR count). The average molecular weight is 230 g/mol. The van der Waals surface area contributed by atoms with Crippen LogP contribution in [-0.2, 0) is 16.0 Å². The van der Waals surface area contributed by atoms with Crippen molar-refractivity contribution in [3.63, 3.8) is 0 Å². The molecule has 1 atom stereocenters. The minimum absolute atomic E-state index is 0.0220. The number of methoxy groups -OCH3 is 1. The van der Waals surface area contributed by atoms with Crippen LogP contribution < -0.4 is 5.73 Å². The molecule has 0 spiro atoms. The van der Waals surface area contributed by atoms with E-state index >= 15 is 0 Å². The number of rotatable bonds is 3. The Morgan fingerprint density at radius 2 is 2.33 bits per heavy atom. The van der Waals surface area contributed by atoms with Crippen molar-refractivity contribution in [1.82, 2.24) is 0 Å². The molecule has 1 aromatic carbocycles. The number of phenols is 1. The standard InChI is InChI=1S/C10H12ClNO3/c1-15-10(14)8(12)4-6-2-3-7(11)9(13)5-6/h2-3,5,8,13H,4,12H2,1H3/t8-/m0/s1. The maximum Gasteiger partial charge on any atom is 0.322 e. The second-order valence-electron chi connectivity index (χ2n) is 3.12. The fraction of sp³-hybridized carbons (Fsp3) is 0.300. The molecule has 3 N–H and O–H groups in total. The minimum atomic E-state index is -0.726. The maximum absolute atomic E-state index is 11.0. The normalized spacial score (nSPS) is 12.2. The number of phenolic OH excluding ortho intramolecular Hbond substituents is 1. The van der Waals surface area contributed by atoms with Crippen molar-refractivity contribution in [2.24, 2.45) is 5.73 Å². The summed E-state index contributed by atoms with van der Waals surface area (Å²) < 4.78 is 4.49. The Labute approximate surface area is 92.6 Å². The zero-order valence-electron chi connectivity index (χ0n) is 8.24. The van der Waals surface area contributed by atoms with E-state index in [2.05, 4.69) is 4.74 Å². The van der Waals surface area contributed by atoms with Crippen molar-refractivity contribution >= 4 is 17.6 Å². The second kappa shape index (κ2) is 5.00. The summed E-state index contributed by atoms with van der Waals surface area (Å²) in [4.78, 5) is 11.0. The SMILES string of the molecule is COC(=O)[C@@H](N)Cc1ccc(Cl)c(O)c1. The van der Waals surface area contributed by atoms with Gasteiger partial charge in [-0.1, -0.05) is 17.7 Å². The van der Waals surface area contributed by atoms with Crippen LogP contribution in [0.4, 0.5) is 0 Å². The maximum atomic E-state index is 11.0. The van der Waals surface area contributed by atoms with Gasteiger partial charge < -0.3 is 15.6 Å². The largest absolute Gasteiger partial charge is 0.506 e. The van der Waals surface area contributed by atoms with Gasteiger partial charge in [-0.05, 0) is 24.1 Å². The number of carbonyl (C=O) groups excluding carboxylic acids is 1. The van der Waals surface area contributed by atoms with Crippen molar-refractivity contribution < 1.29 is 14.6 Å². The molecule has 4 nitrogen and oxygen atoms in total. The third-order valence-corrected chi connectivity index (χ3v) is 2.29. The van der Waals surface area contributed by atoms with E-state index in [4.69, 9.17) is 17.3 Å². The molecule has 0 heterocycles. The van der Waals surface area contributed by atoms with Gasteiger partial charge in [0.05, 0.1) is 12.1 Å². The third kappa shape index (κ3) is 3.11. The molecule has 0 radical (unpaired) electrons. The second-order valence-corrected chi connectivity index (χ2v) is 3.53. The summed E-state index contributed by atoms with van der Waals surface area (Å²) in [5, 5.41) is 9.59. The first-order valence-electron chi connectivity index (χ1n) is 4.35. The van der Waals surface area contributed by atoms with Crippen LogP contribution in [0.2, 0.25) is 5.02 Å². The Bertz CT molecular complexity index is 368. The van der Waals surface area contributed by atoms with E-state index in [1.54, 1.807) is 12.1 Å². The zero-order valence-corrected chi connectivity index (χ0v) is 8.99. The summed E-state index contributed by atoms with van der Waals surface area (Å²) in [7, 11) is 1.28. The van der Waals surface area contributed by atoms with E-state index in [1.165, 1.54) is 13.2 Å². The summed E-state index contributed by atoms with van der Waals surface area (Å²) in [5.41, 5.74) is 6.29. The molecular formula is C10H12ClNO3. The molecular weight excluding hydrogens is 218 g/mol. The number of hydrogen-bond acceptors (Lipinski definition) is 4. The number of aromatic hydroxyl groups is 1. The molecule has 0 fully saturated rings. The fourth-order valence-corrected chi connectivity index (χ4v) is 1.29. The van der Waals surface area contributed by atoms with E-state index in [1.807, 2.05) is 0 Å². The zero-order chi connectivity index (χ0) is 11.4. The van der Waals surface area contributed by atoms with Crippen LogP contribution in [0.5, 0.6) is 5.75 Å². The Kier molecular flexibility index (Phi) is 3.94. The van der Waals surface area contributed by atoms with Crippen LogP contribution in [-0.4, -0.2) is 24.2 Å². The number of benzene rings is 1. The number of nitrogens with two attached hydrogens (primary N) is 1. The molecule has 82 valence electrons. The van der Waals surface area contributed by atoms with E-state index in [-0.39, 0.29) is 10.8 Å². The summed E-state index contributed by atoms with van der Waals surface area (Å²) in [6, 6.07) is 4.00. The molecule has 0 unspecified atom stereocenters. The van der Waals surface area contributed by atoms with Crippen LogP contribution in [0.1, 0.15) is 5.56 Å². The van der Waals surface area contributed by atoms with E-state index in [0.717, 1.165) is 5.56 Å². The smallest absolute Gasteiger partial charge is 0.322 e. The van der Waals surface area contributed by atoms with Crippen LogP contribution in [0, 0.1) is 0 Å².